The minimum atomic E-state index is -0.530. The van der Waals surface area contributed by atoms with Crippen LogP contribution in [0.25, 0.3) is 0 Å². The lowest BCUT2D eigenvalue weighted by atomic mass is 9.77. The Morgan fingerprint density at radius 3 is 1.53 bits per heavy atom. The number of rotatable bonds is 5. The maximum atomic E-state index is 4.97. The molecule has 3 nitrogen and oxygen atoms in total. The first-order chi connectivity index (χ1) is 14.9. The molecule has 0 bridgehead atoms. The van der Waals surface area contributed by atoms with E-state index in [0.717, 1.165) is 13.1 Å². The molecule has 0 amide bonds. The van der Waals surface area contributed by atoms with E-state index in [1.54, 1.807) is 0 Å². The van der Waals surface area contributed by atoms with Crippen LogP contribution in [0.5, 0.6) is 0 Å². The Kier molecular flexibility index (Phi) is 5.10. The number of benzene rings is 3. The standard InChI is InChI=1S/C27H27N3/c1-5-13-23(14-6-1)27(24-15-7-2-8-16-24,25-17-9-3-10-18-25)30-22-26(21-28-30)29-19-11-4-12-20-29/h1-3,5-10,13-18,21-22H,4,11-12,19-20H2. The molecule has 0 unspecified atom stereocenters. The highest BCUT2D eigenvalue weighted by Gasteiger charge is 2.39. The predicted octanol–water partition coefficient (Wildman–Crippen LogP) is 5.71. The molecule has 1 saturated heterocycles. The van der Waals surface area contributed by atoms with Crippen molar-refractivity contribution in [3.8, 4) is 0 Å². The summed E-state index contributed by atoms with van der Waals surface area (Å²) in [5.74, 6) is 0. The molecule has 1 aliphatic rings. The highest BCUT2D eigenvalue weighted by atomic mass is 15.3. The molecular formula is C27H27N3. The molecule has 5 rings (SSSR count). The number of anilines is 1. The van der Waals surface area contributed by atoms with Gasteiger partial charge in [0.1, 0.15) is 5.54 Å². The zero-order chi connectivity index (χ0) is 20.2. The first kappa shape index (κ1) is 18.7. The van der Waals surface area contributed by atoms with E-state index in [1.165, 1.54) is 41.6 Å². The summed E-state index contributed by atoms with van der Waals surface area (Å²) >= 11 is 0. The van der Waals surface area contributed by atoms with Crippen molar-refractivity contribution in [2.75, 3.05) is 18.0 Å². The molecule has 2 heterocycles. The Morgan fingerprint density at radius 1 is 0.600 bits per heavy atom. The molecule has 1 aromatic heterocycles. The van der Waals surface area contributed by atoms with Crippen molar-refractivity contribution in [1.82, 2.24) is 9.78 Å². The van der Waals surface area contributed by atoms with E-state index in [-0.39, 0.29) is 0 Å². The smallest absolute Gasteiger partial charge is 0.138 e. The summed E-state index contributed by atoms with van der Waals surface area (Å²) in [5.41, 5.74) is 4.29. The summed E-state index contributed by atoms with van der Waals surface area (Å²) in [4.78, 5) is 2.47. The van der Waals surface area contributed by atoms with E-state index in [4.69, 9.17) is 5.10 Å². The van der Waals surface area contributed by atoms with E-state index < -0.39 is 5.54 Å². The third-order valence-corrected chi connectivity index (χ3v) is 6.21. The molecule has 0 radical (unpaired) electrons. The van der Waals surface area contributed by atoms with E-state index in [9.17, 15) is 0 Å². The Labute approximate surface area is 178 Å². The van der Waals surface area contributed by atoms with Crippen molar-refractivity contribution in [1.29, 1.82) is 0 Å². The van der Waals surface area contributed by atoms with Crippen molar-refractivity contribution in [2.24, 2.45) is 0 Å². The topological polar surface area (TPSA) is 21.1 Å². The Balaban J connectivity index is 1.75. The molecule has 3 aromatic carbocycles. The van der Waals surface area contributed by atoms with Gasteiger partial charge in [-0.3, -0.25) is 4.68 Å². The van der Waals surface area contributed by atoms with Gasteiger partial charge in [-0.05, 0) is 36.0 Å². The van der Waals surface area contributed by atoms with E-state index >= 15 is 0 Å². The summed E-state index contributed by atoms with van der Waals surface area (Å²) < 4.78 is 2.16. The quantitative estimate of drug-likeness (QED) is 0.405. The average molecular weight is 394 g/mol. The number of aromatic nitrogens is 2. The molecule has 1 aliphatic heterocycles. The zero-order valence-corrected chi connectivity index (χ0v) is 17.2. The van der Waals surface area contributed by atoms with Crippen LogP contribution < -0.4 is 4.90 Å². The van der Waals surface area contributed by atoms with Gasteiger partial charge in [0.15, 0.2) is 0 Å². The van der Waals surface area contributed by atoms with Gasteiger partial charge >= 0.3 is 0 Å². The van der Waals surface area contributed by atoms with Crippen molar-refractivity contribution >= 4 is 5.69 Å². The number of piperidine rings is 1. The summed E-state index contributed by atoms with van der Waals surface area (Å²) in [5, 5.41) is 4.97. The molecule has 0 spiro atoms. The molecule has 1 fully saturated rings. The summed E-state index contributed by atoms with van der Waals surface area (Å²) in [6.07, 6.45) is 8.11. The molecule has 30 heavy (non-hydrogen) atoms. The highest BCUT2D eigenvalue weighted by molar-refractivity contribution is 5.52. The minimum Gasteiger partial charge on any atom is -0.369 e. The lowest BCUT2D eigenvalue weighted by molar-refractivity contribution is 0.460. The Morgan fingerprint density at radius 2 is 1.07 bits per heavy atom. The second kappa shape index (κ2) is 8.19. The van der Waals surface area contributed by atoms with Crippen LogP contribution in [0, 0.1) is 0 Å². The van der Waals surface area contributed by atoms with Crippen molar-refractivity contribution in [2.45, 2.75) is 24.8 Å². The fourth-order valence-electron chi connectivity index (χ4n) is 4.75. The highest BCUT2D eigenvalue weighted by Crippen LogP contribution is 2.41. The first-order valence-electron chi connectivity index (χ1n) is 10.9. The van der Waals surface area contributed by atoms with E-state index in [1.807, 2.05) is 6.20 Å². The number of hydrogen-bond donors (Lipinski definition) is 0. The van der Waals surface area contributed by atoms with E-state index in [0.29, 0.717) is 0 Å². The SMILES string of the molecule is c1ccc(C(c2ccccc2)(c2ccccc2)n2cc(N3CCCCC3)cn2)cc1. The number of hydrogen-bond acceptors (Lipinski definition) is 2. The fraction of sp³-hybridized carbons (Fsp3) is 0.222. The molecular weight excluding hydrogens is 366 g/mol. The Hall–Kier alpha value is -3.33. The average Bonchev–Trinajstić information content (AvgIpc) is 3.33. The minimum absolute atomic E-state index is 0.530. The zero-order valence-electron chi connectivity index (χ0n) is 17.2. The van der Waals surface area contributed by atoms with Gasteiger partial charge in [0, 0.05) is 13.1 Å². The summed E-state index contributed by atoms with van der Waals surface area (Å²) in [6, 6.07) is 32.2. The lowest BCUT2D eigenvalue weighted by Crippen LogP contribution is -2.38. The van der Waals surface area contributed by atoms with Gasteiger partial charge in [-0.15, -0.1) is 0 Å². The normalized spacial score (nSPS) is 14.6. The van der Waals surface area contributed by atoms with Crippen molar-refractivity contribution in [3.63, 3.8) is 0 Å². The molecule has 3 heteroatoms. The van der Waals surface area contributed by atoms with Crippen LogP contribution in [0.3, 0.4) is 0 Å². The van der Waals surface area contributed by atoms with Gasteiger partial charge < -0.3 is 4.90 Å². The second-order valence-electron chi connectivity index (χ2n) is 8.00. The maximum absolute atomic E-state index is 4.97. The molecule has 0 aliphatic carbocycles. The van der Waals surface area contributed by atoms with Gasteiger partial charge in [0.2, 0.25) is 0 Å². The van der Waals surface area contributed by atoms with Gasteiger partial charge in [0.25, 0.3) is 0 Å². The third kappa shape index (κ3) is 3.21. The van der Waals surface area contributed by atoms with Gasteiger partial charge in [-0.2, -0.15) is 5.10 Å². The van der Waals surface area contributed by atoms with Crippen molar-refractivity contribution in [3.05, 3.63) is 120 Å². The Bertz CT molecular complexity index is 968. The van der Waals surface area contributed by atoms with Crippen LogP contribution in [0.2, 0.25) is 0 Å². The van der Waals surface area contributed by atoms with Gasteiger partial charge in [-0.1, -0.05) is 91.0 Å². The summed E-state index contributed by atoms with van der Waals surface area (Å²) in [6.45, 7) is 2.22. The second-order valence-corrected chi connectivity index (χ2v) is 8.00. The summed E-state index contributed by atoms with van der Waals surface area (Å²) in [7, 11) is 0. The van der Waals surface area contributed by atoms with Crippen LogP contribution >= 0.6 is 0 Å². The molecule has 0 N–H and O–H groups in total. The van der Waals surface area contributed by atoms with Gasteiger partial charge in [0.05, 0.1) is 18.1 Å². The van der Waals surface area contributed by atoms with Crippen LogP contribution in [0.1, 0.15) is 36.0 Å². The van der Waals surface area contributed by atoms with Crippen LogP contribution in [0.4, 0.5) is 5.69 Å². The van der Waals surface area contributed by atoms with Crippen LogP contribution in [-0.2, 0) is 5.54 Å². The third-order valence-electron chi connectivity index (χ3n) is 6.21. The van der Waals surface area contributed by atoms with Crippen LogP contribution in [0.15, 0.2) is 103 Å². The lowest BCUT2D eigenvalue weighted by Gasteiger charge is -2.36. The fourth-order valence-corrected chi connectivity index (χ4v) is 4.75. The van der Waals surface area contributed by atoms with Crippen molar-refractivity contribution < 1.29 is 0 Å². The monoisotopic (exact) mass is 393 g/mol. The molecule has 0 saturated carbocycles. The molecule has 150 valence electrons. The predicted molar refractivity (Wildman–Crippen MR) is 123 cm³/mol. The largest absolute Gasteiger partial charge is 0.369 e. The van der Waals surface area contributed by atoms with Gasteiger partial charge in [-0.25, -0.2) is 0 Å². The first-order valence-corrected chi connectivity index (χ1v) is 10.9. The van der Waals surface area contributed by atoms with Crippen LogP contribution in [-0.4, -0.2) is 22.9 Å². The molecule has 0 atom stereocenters. The number of nitrogens with zero attached hydrogens (tertiary/aromatic N) is 3. The van der Waals surface area contributed by atoms with E-state index in [2.05, 4.69) is 107 Å². The molecule has 4 aromatic rings. The maximum Gasteiger partial charge on any atom is 0.138 e.